The van der Waals surface area contributed by atoms with Gasteiger partial charge in [-0.15, -0.1) is 0 Å². The van der Waals surface area contributed by atoms with Crippen LogP contribution in [-0.4, -0.2) is 49.5 Å². The van der Waals surface area contributed by atoms with Crippen molar-refractivity contribution in [3.63, 3.8) is 0 Å². The molecule has 0 spiro atoms. The van der Waals surface area contributed by atoms with Crippen molar-refractivity contribution in [2.75, 3.05) is 25.5 Å². The first-order valence-corrected chi connectivity index (χ1v) is 14.8. The molecule has 1 aliphatic rings. The fourth-order valence-corrected chi connectivity index (χ4v) is 5.51. The number of rotatable bonds is 6. The van der Waals surface area contributed by atoms with E-state index in [2.05, 4.69) is 56.5 Å². The third kappa shape index (κ3) is 6.09. The summed E-state index contributed by atoms with van der Waals surface area (Å²) in [5.74, 6) is 1.07. The summed E-state index contributed by atoms with van der Waals surface area (Å²) in [6.07, 6.45) is 7.72. The average molecular weight is 562 g/mol. The van der Waals surface area contributed by atoms with Gasteiger partial charge in [-0.2, -0.15) is 4.98 Å². The minimum absolute atomic E-state index is 0.125. The van der Waals surface area contributed by atoms with E-state index in [1.54, 1.807) is 23.2 Å². The van der Waals surface area contributed by atoms with Crippen LogP contribution in [0.25, 0.3) is 33.4 Å². The zero-order valence-electron chi connectivity index (χ0n) is 25.1. The van der Waals surface area contributed by atoms with Crippen LogP contribution in [0.15, 0.2) is 78.0 Å². The Balaban J connectivity index is 0.00000173. The number of fused-ring (bicyclic) bond motifs is 1. The van der Waals surface area contributed by atoms with Crippen LogP contribution < -0.4 is 10.9 Å². The first-order valence-electron chi connectivity index (χ1n) is 14.8. The molecule has 0 bridgehead atoms. The van der Waals surface area contributed by atoms with Crippen LogP contribution in [0.2, 0.25) is 0 Å². The molecule has 8 nitrogen and oxygen atoms in total. The summed E-state index contributed by atoms with van der Waals surface area (Å²) in [5.41, 5.74) is 6.84. The van der Waals surface area contributed by atoms with Crippen molar-refractivity contribution < 1.29 is 0 Å². The van der Waals surface area contributed by atoms with E-state index in [0.717, 1.165) is 41.0 Å². The lowest BCUT2D eigenvalue weighted by atomic mass is 9.89. The lowest BCUT2D eigenvalue weighted by molar-refractivity contribution is 0.255. The van der Waals surface area contributed by atoms with Crippen molar-refractivity contribution in [2.45, 2.75) is 53.0 Å². The van der Waals surface area contributed by atoms with Crippen LogP contribution in [0.3, 0.4) is 0 Å². The molecule has 0 unspecified atom stereocenters. The molecular weight excluding hydrogens is 522 g/mol. The van der Waals surface area contributed by atoms with Crippen LogP contribution >= 0.6 is 0 Å². The van der Waals surface area contributed by atoms with Gasteiger partial charge in [0.1, 0.15) is 5.65 Å². The third-order valence-electron chi connectivity index (χ3n) is 7.86. The summed E-state index contributed by atoms with van der Waals surface area (Å²) in [5, 5.41) is 4.10. The van der Waals surface area contributed by atoms with Gasteiger partial charge in [0.2, 0.25) is 5.95 Å². The van der Waals surface area contributed by atoms with Gasteiger partial charge in [0, 0.05) is 53.0 Å². The standard InChI is InChI=1S/C32H33N7O.C2H6/c1-4-39-30-25(18-28(31(39)40)29-12-9-24(19-34-29)27-6-5-15-33-21(27)2)20-35-32(37-30)36-26-10-7-22(8-11-26)23-13-16-38(3)17-14-23;1-2/h5-12,15,18-20,23H,4,13-14,16-17H2,1-3H3,(H,35,36,37);1-2H3. The number of nitrogens with one attached hydrogen (secondary N) is 1. The molecule has 42 heavy (non-hydrogen) atoms. The van der Waals surface area contributed by atoms with Gasteiger partial charge < -0.3 is 10.2 Å². The van der Waals surface area contributed by atoms with Crippen LogP contribution in [0.5, 0.6) is 0 Å². The van der Waals surface area contributed by atoms with E-state index in [1.807, 2.05) is 58.0 Å². The van der Waals surface area contributed by atoms with Gasteiger partial charge in [-0.05, 0) is 88.6 Å². The molecule has 0 amide bonds. The molecule has 6 rings (SSSR count). The van der Waals surface area contributed by atoms with Gasteiger partial charge in [-0.25, -0.2) is 4.98 Å². The van der Waals surface area contributed by atoms with E-state index in [1.165, 1.54) is 18.4 Å². The molecule has 1 fully saturated rings. The summed E-state index contributed by atoms with van der Waals surface area (Å²) in [4.78, 5) is 34.2. The zero-order chi connectivity index (χ0) is 29.6. The maximum absolute atomic E-state index is 13.5. The number of benzene rings is 1. The predicted molar refractivity (Wildman–Crippen MR) is 171 cm³/mol. The minimum Gasteiger partial charge on any atom is -0.324 e. The molecule has 5 aromatic rings. The molecule has 1 aromatic carbocycles. The van der Waals surface area contributed by atoms with Gasteiger partial charge in [0.05, 0.1) is 11.3 Å². The molecule has 0 atom stereocenters. The number of hydrogen-bond donors (Lipinski definition) is 1. The van der Waals surface area contributed by atoms with Crippen molar-refractivity contribution in [2.24, 2.45) is 0 Å². The number of anilines is 2. The van der Waals surface area contributed by atoms with Crippen LogP contribution in [0.4, 0.5) is 11.6 Å². The monoisotopic (exact) mass is 561 g/mol. The van der Waals surface area contributed by atoms with Crippen LogP contribution in [-0.2, 0) is 6.54 Å². The van der Waals surface area contributed by atoms with E-state index in [9.17, 15) is 4.79 Å². The summed E-state index contributed by atoms with van der Waals surface area (Å²) < 4.78 is 1.68. The summed E-state index contributed by atoms with van der Waals surface area (Å²) in [6.45, 7) is 10.7. The van der Waals surface area contributed by atoms with Crippen LogP contribution in [0, 0.1) is 6.92 Å². The SMILES string of the molecule is CC.CCn1c(=O)c(-c2ccc(-c3cccnc3C)cn2)cc2cnc(Nc3ccc(C4CCN(C)CC4)cc3)nc21. The zero-order valence-corrected chi connectivity index (χ0v) is 25.1. The second kappa shape index (κ2) is 13.0. The molecule has 5 heterocycles. The fraction of sp³-hybridized carbons (Fsp3) is 0.324. The van der Waals surface area contributed by atoms with Crippen molar-refractivity contribution in [3.05, 3.63) is 94.8 Å². The van der Waals surface area contributed by atoms with E-state index < -0.39 is 0 Å². The maximum atomic E-state index is 13.5. The highest BCUT2D eigenvalue weighted by Gasteiger charge is 2.18. The van der Waals surface area contributed by atoms with Gasteiger partial charge in [0.25, 0.3) is 5.56 Å². The van der Waals surface area contributed by atoms with Crippen molar-refractivity contribution in [1.82, 2.24) is 29.4 Å². The molecule has 0 saturated carbocycles. The Morgan fingerprint density at radius 1 is 0.929 bits per heavy atom. The minimum atomic E-state index is -0.125. The highest BCUT2D eigenvalue weighted by molar-refractivity contribution is 5.81. The normalized spacial score (nSPS) is 13.9. The Hall–Kier alpha value is -4.43. The van der Waals surface area contributed by atoms with Gasteiger partial charge in [0.15, 0.2) is 0 Å². The first-order chi connectivity index (χ1) is 20.5. The van der Waals surface area contributed by atoms with Gasteiger partial charge >= 0.3 is 0 Å². The number of pyridine rings is 3. The molecule has 1 saturated heterocycles. The number of aryl methyl sites for hydroxylation is 2. The molecule has 0 radical (unpaired) electrons. The molecule has 1 aliphatic heterocycles. The highest BCUT2D eigenvalue weighted by atomic mass is 16.1. The smallest absolute Gasteiger partial charge is 0.261 e. The molecule has 0 aliphatic carbocycles. The van der Waals surface area contributed by atoms with E-state index >= 15 is 0 Å². The Kier molecular flexibility index (Phi) is 9.03. The first kappa shape index (κ1) is 29.1. The van der Waals surface area contributed by atoms with Crippen molar-refractivity contribution in [3.8, 4) is 22.4 Å². The largest absolute Gasteiger partial charge is 0.324 e. The van der Waals surface area contributed by atoms with Crippen molar-refractivity contribution >= 4 is 22.7 Å². The van der Waals surface area contributed by atoms with E-state index in [0.29, 0.717) is 35.3 Å². The Morgan fingerprint density at radius 3 is 2.36 bits per heavy atom. The predicted octanol–water partition coefficient (Wildman–Crippen LogP) is 6.82. The fourth-order valence-electron chi connectivity index (χ4n) is 5.51. The molecule has 1 N–H and O–H groups in total. The van der Waals surface area contributed by atoms with Crippen LogP contribution in [0.1, 0.15) is 50.8 Å². The van der Waals surface area contributed by atoms with E-state index in [-0.39, 0.29) is 5.56 Å². The quantitative estimate of drug-likeness (QED) is 0.243. The van der Waals surface area contributed by atoms with E-state index in [4.69, 9.17) is 4.98 Å². The van der Waals surface area contributed by atoms with Gasteiger partial charge in [-0.3, -0.25) is 19.3 Å². The number of piperidine rings is 1. The Morgan fingerprint density at radius 2 is 1.69 bits per heavy atom. The summed E-state index contributed by atoms with van der Waals surface area (Å²) in [6, 6.07) is 18.2. The summed E-state index contributed by atoms with van der Waals surface area (Å²) in [7, 11) is 2.19. The highest BCUT2D eigenvalue weighted by Crippen LogP contribution is 2.29. The Labute approximate surface area is 247 Å². The van der Waals surface area contributed by atoms with Gasteiger partial charge in [-0.1, -0.05) is 38.1 Å². The lowest BCUT2D eigenvalue weighted by Crippen LogP contribution is -2.29. The molecule has 216 valence electrons. The molecule has 4 aromatic heterocycles. The Bertz CT molecular complexity index is 1700. The molecule has 8 heteroatoms. The second-order valence-electron chi connectivity index (χ2n) is 10.5. The topological polar surface area (TPSA) is 88.8 Å². The third-order valence-corrected chi connectivity index (χ3v) is 7.86. The second-order valence-corrected chi connectivity index (χ2v) is 10.5. The number of nitrogens with zero attached hydrogens (tertiary/aromatic N) is 6. The maximum Gasteiger partial charge on any atom is 0.261 e. The number of hydrogen-bond acceptors (Lipinski definition) is 7. The summed E-state index contributed by atoms with van der Waals surface area (Å²) >= 11 is 0. The average Bonchev–Trinajstić information content (AvgIpc) is 3.03. The lowest BCUT2D eigenvalue weighted by Gasteiger charge is -2.29. The number of likely N-dealkylation sites (tertiary alicyclic amines) is 1. The number of aromatic nitrogens is 5. The van der Waals surface area contributed by atoms with Crippen molar-refractivity contribution in [1.29, 1.82) is 0 Å². The molecular formula is C34H39N7O.